The van der Waals surface area contributed by atoms with Gasteiger partial charge >= 0.3 is 0 Å². The Balaban J connectivity index is 0.000000196. The first-order valence-electron chi connectivity index (χ1n) is 14.2. The van der Waals surface area contributed by atoms with Crippen LogP contribution in [0.15, 0.2) is 54.6 Å². The number of benzene rings is 2. The van der Waals surface area contributed by atoms with Gasteiger partial charge in [0.15, 0.2) is 5.78 Å². The predicted octanol–water partition coefficient (Wildman–Crippen LogP) is 5.99. The molecule has 43 heavy (non-hydrogen) atoms. The topological polar surface area (TPSA) is 98.0 Å². The van der Waals surface area contributed by atoms with E-state index in [-0.39, 0.29) is 29.1 Å². The number of aliphatic hydroxyl groups is 1. The fraction of sp³-hybridized carbons (Fsp3) is 0.324. The zero-order valence-corrected chi connectivity index (χ0v) is 24.6. The fourth-order valence-electron chi connectivity index (χ4n) is 6.55. The summed E-state index contributed by atoms with van der Waals surface area (Å²) < 4.78 is 31.3. The van der Waals surface area contributed by atoms with Crippen molar-refractivity contribution in [3.05, 3.63) is 106 Å². The highest BCUT2D eigenvalue weighted by Gasteiger charge is 2.46. The average Bonchev–Trinajstić information content (AvgIpc) is 3.69. The van der Waals surface area contributed by atoms with Gasteiger partial charge in [0.25, 0.3) is 0 Å². The second-order valence-electron chi connectivity index (χ2n) is 11.3. The van der Waals surface area contributed by atoms with Crippen LogP contribution in [0.5, 0.6) is 0 Å². The van der Waals surface area contributed by atoms with Crippen molar-refractivity contribution in [3.63, 3.8) is 0 Å². The molecule has 4 heterocycles. The van der Waals surface area contributed by atoms with Gasteiger partial charge in [-0.15, -0.1) is 0 Å². The second kappa shape index (κ2) is 12.0. The van der Waals surface area contributed by atoms with Crippen molar-refractivity contribution in [2.45, 2.75) is 65.1 Å². The number of hydrogen-bond donors (Lipinski definition) is 1. The summed E-state index contributed by atoms with van der Waals surface area (Å²) in [7, 11) is 0. The van der Waals surface area contributed by atoms with Gasteiger partial charge in [0.1, 0.15) is 23.8 Å². The molecule has 2 aliphatic rings. The number of fused-ring (bicyclic) bond motifs is 2. The molecule has 7 nitrogen and oxygen atoms in total. The molecule has 0 amide bonds. The van der Waals surface area contributed by atoms with Gasteiger partial charge in [0.05, 0.1) is 23.8 Å². The van der Waals surface area contributed by atoms with Crippen LogP contribution in [0.1, 0.15) is 63.5 Å². The minimum atomic E-state index is -0.571. The minimum Gasteiger partial charge on any atom is -0.391 e. The van der Waals surface area contributed by atoms with E-state index in [4.69, 9.17) is 10.5 Å². The zero-order valence-electron chi connectivity index (χ0n) is 24.6. The monoisotopic (exact) mass is 581 g/mol. The summed E-state index contributed by atoms with van der Waals surface area (Å²) in [5.41, 5.74) is 5.72. The van der Waals surface area contributed by atoms with E-state index in [1.54, 1.807) is 12.1 Å². The van der Waals surface area contributed by atoms with E-state index in [0.29, 0.717) is 23.8 Å². The maximum absolute atomic E-state index is 14.0. The number of aliphatic hydroxyl groups excluding tert-OH is 1. The van der Waals surface area contributed by atoms with E-state index < -0.39 is 11.6 Å². The Kier molecular flexibility index (Phi) is 8.32. The molecular weight excluding hydrogens is 548 g/mol. The quantitative estimate of drug-likeness (QED) is 0.292. The van der Waals surface area contributed by atoms with Crippen molar-refractivity contribution in [2.75, 3.05) is 6.54 Å². The molecule has 4 aromatic rings. The first-order valence-corrected chi connectivity index (χ1v) is 14.2. The molecule has 0 radical (unpaired) electrons. The van der Waals surface area contributed by atoms with Crippen molar-refractivity contribution < 1.29 is 18.7 Å². The molecule has 2 aromatic carbocycles. The van der Waals surface area contributed by atoms with Crippen LogP contribution in [0.2, 0.25) is 0 Å². The molecule has 3 atom stereocenters. The van der Waals surface area contributed by atoms with Gasteiger partial charge in [0, 0.05) is 51.8 Å². The maximum Gasteiger partial charge on any atom is 0.178 e. The van der Waals surface area contributed by atoms with Gasteiger partial charge in [-0.3, -0.25) is 9.69 Å². The maximum atomic E-state index is 14.0. The van der Waals surface area contributed by atoms with E-state index >= 15 is 0 Å². The van der Waals surface area contributed by atoms with Gasteiger partial charge < -0.3 is 14.2 Å². The predicted molar refractivity (Wildman–Crippen MR) is 158 cm³/mol. The Morgan fingerprint density at radius 2 is 1.40 bits per heavy atom. The number of aryl methyl sites for hydroxylation is 3. The summed E-state index contributed by atoms with van der Waals surface area (Å²) in [4.78, 5) is 15.1. The van der Waals surface area contributed by atoms with Crippen LogP contribution in [0.4, 0.5) is 8.78 Å². The number of ketones is 1. The molecule has 1 N–H and O–H groups in total. The Bertz CT molecular complexity index is 1770. The van der Waals surface area contributed by atoms with E-state index in [1.165, 1.54) is 24.3 Å². The summed E-state index contributed by atoms with van der Waals surface area (Å²) in [6, 6.07) is 18.9. The van der Waals surface area contributed by atoms with E-state index in [2.05, 4.69) is 4.90 Å². The summed E-state index contributed by atoms with van der Waals surface area (Å²) >= 11 is 0. The molecule has 2 fully saturated rings. The van der Waals surface area contributed by atoms with Crippen molar-refractivity contribution in [1.82, 2.24) is 14.0 Å². The van der Waals surface area contributed by atoms with Gasteiger partial charge in [-0.1, -0.05) is 0 Å². The lowest BCUT2D eigenvalue weighted by Crippen LogP contribution is -2.36. The third-order valence-electron chi connectivity index (χ3n) is 8.64. The number of aromatic nitrogens is 2. The Morgan fingerprint density at radius 3 is 1.86 bits per heavy atom. The molecule has 2 aromatic heterocycles. The SMILES string of the molecule is Cc1cc(C(=O)CN2C3CCC2[C@@H](O)C3)c(C)n1-c1ccc(C#N)c(F)c1.Cc1ccc(C)n1-c1ccc(C#N)c(F)c1. The molecule has 2 saturated heterocycles. The molecule has 0 aliphatic carbocycles. The molecule has 2 aliphatic heterocycles. The standard InChI is InChI=1S/C21H22FN3O2.C13H11FN2/c1-12-7-17(21(27)11-24-15-5-6-19(24)20(26)9-15)13(2)25(12)16-4-3-14(10-23)18(22)8-16;1-9-3-4-10(2)16(9)12-6-5-11(8-15)13(14)7-12/h3-4,7-8,15,19-20,26H,5-6,9,11H2,1-2H3;3-7H,1-2H3/t15?,19?,20-;/m0./s1. The van der Waals surface area contributed by atoms with E-state index in [1.807, 2.05) is 67.2 Å². The van der Waals surface area contributed by atoms with Gasteiger partial charge in [-0.25, -0.2) is 8.78 Å². The number of carbonyl (C=O) groups excluding carboxylic acids is 1. The van der Waals surface area contributed by atoms with Gasteiger partial charge in [-0.2, -0.15) is 10.5 Å². The largest absolute Gasteiger partial charge is 0.391 e. The number of Topliss-reactive ketones (excluding diaryl/α,β-unsaturated/α-hetero) is 1. The normalized spacial score (nSPS) is 19.0. The molecule has 9 heteroatoms. The van der Waals surface area contributed by atoms with Gasteiger partial charge in [0.2, 0.25) is 0 Å². The fourth-order valence-corrected chi connectivity index (χ4v) is 6.55. The highest BCUT2D eigenvalue weighted by atomic mass is 19.1. The third kappa shape index (κ3) is 5.62. The second-order valence-corrected chi connectivity index (χ2v) is 11.3. The van der Waals surface area contributed by atoms with Crippen molar-refractivity contribution in [1.29, 1.82) is 10.5 Å². The van der Waals surface area contributed by atoms with Crippen LogP contribution in [0.3, 0.4) is 0 Å². The number of rotatable bonds is 5. The summed E-state index contributed by atoms with van der Waals surface area (Å²) in [5.74, 6) is -1.03. The smallest absolute Gasteiger partial charge is 0.178 e. The van der Waals surface area contributed by atoms with Crippen molar-refractivity contribution >= 4 is 5.78 Å². The molecule has 2 bridgehead atoms. The van der Waals surface area contributed by atoms with Crippen molar-refractivity contribution in [3.8, 4) is 23.5 Å². The molecule has 0 spiro atoms. The Labute approximate surface area is 249 Å². The average molecular weight is 582 g/mol. The molecule has 2 unspecified atom stereocenters. The van der Waals surface area contributed by atoms with Crippen LogP contribution < -0.4 is 0 Å². The van der Waals surface area contributed by atoms with E-state index in [0.717, 1.165) is 47.7 Å². The van der Waals surface area contributed by atoms with Gasteiger partial charge in [-0.05, 0) is 102 Å². The third-order valence-corrected chi connectivity index (χ3v) is 8.64. The van der Waals surface area contributed by atoms with Crippen LogP contribution >= 0.6 is 0 Å². The van der Waals surface area contributed by atoms with Crippen LogP contribution in [-0.4, -0.2) is 49.7 Å². The minimum absolute atomic E-state index is 0.000536. The number of carbonyl (C=O) groups is 1. The van der Waals surface area contributed by atoms with E-state index in [9.17, 15) is 18.7 Å². The first-order chi connectivity index (χ1) is 20.5. The lowest BCUT2D eigenvalue weighted by Gasteiger charge is -2.21. The van der Waals surface area contributed by atoms with Crippen molar-refractivity contribution in [2.24, 2.45) is 0 Å². The lowest BCUT2D eigenvalue weighted by atomic mass is 9.98. The lowest BCUT2D eigenvalue weighted by molar-refractivity contribution is 0.0873. The molecule has 6 rings (SSSR count). The molecule has 220 valence electrons. The molecule has 0 saturated carbocycles. The summed E-state index contributed by atoms with van der Waals surface area (Å²) in [5, 5.41) is 27.6. The van der Waals surface area contributed by atoms with Crippen LogP contribution in [0, 0.1) is 62.0 Å². The van der Waals surface area contributed by atoms with Crippen LogP contribution in [0.25, 0.3) is 11.4 Å². The number of hydrogen-bond acceptors (Lipinski definition) is 5. The first kappa shape index (κ1) is 29.9. The number of nitriles is 2. The highest BCUT2D eigenvalue weighted by Crippen LogP contribution is 2.38. The highest BCUT2D eigenvalue weighted by molar-refractivity contribution is 5.99. The molecular formula is C34H33F2N5O2. The zero-order chi connectivity index (χ0) is 31.0. The Hall–Kier alpha value is -4.57. The summed E-state index contributed by atoms with van der Waals surface area (Å²) in [6.45, 7) is 7.96. The number of halogens is 2. The Morgan fingerprint density at radius 1 is 0.837 bits per heavy atom. The summed E-state index contributed by atoms with van der Waals surface area (Å²) in [6.07, 6.45) is 2.41. The number of nitrogens with zero attached hydrogens (tertiary/aromatic N) is 5. The van der Waals surface area contributed by atoms with Crippen LogP contribution in [-0.2, 0) is 0 Å².